The van der Waals surface area contributed by atoms with Crippen LogP contribution in [0.5, 0.6) is 0 Å². The third kappa shape index (κ3) is 2.60. The van der Waals surface area contributed by atoms with E-state index >= 15 is 0 Å². The van der Waals surface area contributed by atoms with Crippen molar-refractivity contribution in [1.29, 1.82) is 0 Å². The largest absolute Gasteiger partial charge is 0.382 e. The summed E-state index contributed by atoms with van der Waals surface area (Å²) >= 11 is 0. The van der Waals surface area contributed by atoms with Crippen LogP contribution in [0.2, 0.25) is 0 Å². The lowest BCUT2D eigenvalue weighted by Crippen LogP contribution is -2.36. The van der Waals surface area contributed by atoms with E-state index in [0.717, 1.165) is 10.6 Å². The summed E-state index contributed by atoms with van der Waals surface area (Å²) in [6, 6.07) is 1.13. The van der Waals surface area contributed by atoms with Gasteiger partial charge in [0.1, 0.15) is 12.2 Å². The number of methoxy groups -OCH3 is 2. The normalized spacial score (nSPS) is 30.7. The number of H-pyrrole nitrogens is 1. The molecule has 1 saturated heterocycles. The maximum absolute atomic E-state index is 14.2. The summed E-state index contributed by atoms with van der Waals surface area (Å²) in [7, 11) is 2.82. The molecule has 7 nitrogen and oxygen atoms in total. The van der Waals surface area contributed by atoms with Gasteiger partial charge in [0.15, 0.2) is 12.4 Å². The molecule has 106 valence electrons. The maximum atomic E-state index is 14.2. The molecule has 2 rings (SSSR count). The lowest BCUT2D eigenvalue weighted by atomic mass is 10.1. The van der Waals surface area contributed by atoms with Crippen LogP contribution in [0.1, 0.15) is 6.23 Å². The van der Waals surface area contributed by atoms with E-state index in [2.05, 4.69) is 0 Å². The smallest absolute Gasteiger partial charge is 0.330 e. The molecule has 1 aromatic heterocycles. The van der Waals surface area contributed by atoms with Gasteiger partial charge >= 0.3 is 5.69 Å². The van der Waals surface area contributed by atoms with Gasteiger partial charge in [0.2, 0.25) is 0 Å². The van der Waals surface area contributed by atoms with Gasteiger partial charge in [-0.2, -0.15) is 0 Å². The molecule has 1 aliphatic heterocycles. The fourth-order valence-electron chi connectivity index (χ4n) is 2.13. The molecule has 0 radical (unpaired) electrons. The van der Waals surface area contributed by atoms with E-state index in [9.17, 15) is 14.0 Å². The molecule has 2 heterocycles. The van der Waals surface area contributed by atoms with Gasteiger partial charge in [0, 0.05) is 26.5 Å². The first-order chi connectivity index (χ1) is 9.08. The minimum atomic E-state index is -1.53. The summed E-state index contributed by atoms with van der Waals surface area (Å²) in [5.74, 6) is 0. The van der Waals surface area contributed by atoms with Gasteiger partial charge in [0.05, 0.1) is 6.61 Å². The van der Waals surface area contributed by atoms with Crippen LogP contribution < -0.4 is 11.2 Å². The molecule has 1 aliphatic rings. The Labute approximate surface area is 107 Å². The van der Waals surface area contributed by atoms with Gasteiger partial charge in [-0.25, -0.2) is 9.18 Å². The number of hydrogen-bond donors (Lipinski definition) is 1. The summed E-state index contributed by atoms with van der Waals surface area (Å²) in [6.07, 6.45) is -2.93. The average Bonchev–Trinajstić information content (AvgIpc) is 2.66. The van der Waals surface area contributed by atoms with Gasteiger partial charge in [-0.05, 0) is 0 Å². The second-order valence-corrected chi connectivity index (χ2v) is 4.18. The molecule has 2 unspecified atom stereocenters. The Kier molecular flexibility index (Phi) is 4.13. The van der Waals surface area contributed by atoms with Crippen molar-refractivity contribution in [3.05, 3.63) is 33.1 Å². The number of rotatable bonds is 4. The summed E-state index contributed by atoms with van der Waals surface area (Å²) in [6.45, 7) is 0.146. The molecule has 0 saturated carbocycles. The third-order valence-electron chi connectivity index (χ3n) is 3.00. The number of aromatic amines is 1. The van der Waals surface area contributed by atoms with Crippen molar-refractivity contribution in [2.45, 2.75) is 24.6 Å². The van der Waals surface area contributed by atoms with Crippen molar-refractivity contribution in [2.75, 3.05) is 20.8 Å². The predicted octanol–water partition coefficient (Wildman–Crippen LogP) is -0.566. The summed E-state index contributed by atoms with van der Waals surface area (Å²) in [5, 5.41) is 0. The zero-order chi connectivity index (χ0) is 14.0. The van der Waals surface area contributed by atoms with Crippen molar-refractivity contribution in [3.8, 4) is 0 Å². The fourth-order valence-corrected chi connectivity index (χ4v) is 2.13. The average molecular weight is 274 g/mol. The van der Waals surface area contributed by atoms with Crippen molar-refractivity contribution in [3.63, 3.8) is 0 Å². The molecule has 1 fully saturated rings. The second kappa shape index (κ2) is 5.64. The van der Waals surface area contributed by atoms with Crippen molar-refractivity contribution in [2.24, 2.45) is 0 Å². The van der Waals surface area contributed by atoms with Gasteiger partial charge in [0.25, 0.3) is 5.56 Å². The van der Waals surface area contributed by atoms with E-state index in [1.807, 2.05) is 4.98 Å². The van der Waals surface area contributed by atoms with Crippen LogP contribution in [-0.4, -0.2) is 48.8 Å². The van der Waals surface area contributed by atoms with E-state index in [4.69, 9.17) is 14.2 Å². The van der Waals surface area contributed by atoms with Crippen LogP contribution in [0.4, 0.5) is 4.39 Å². The maximum Gasteiger partial charge on any atom is 0.330 e. The minimum absolute atomic E-state index is 0.146. The number of hydrogen-bond acceptors (Lipinski definition) is 5. The molecule has 8 heteroatoms. The zero-order valence-corrected chi connectivity index (χ0v) is 10.5. The Morgan fingerprint density at radius 1 is 1.47 bits per heavy atom. The lowest BCUT2D eigenvalue weighted by molar-refractivity contribution is -0.0625. The first-order valence-electron chi connectivity index (χ1n) is 5.71. The van der Waals surface area contributed by atoms with Crippen molar-refractivity contribution in [1.82, 2.24) is 9.55 Å². The number of aromatic nitrogens is 2. The Bertz CT molecular complexity index is 542. The van der Waals surface area contributed by atoms with Crippen LogP contribution in [0, 0.1) is 0 Å². The highest BCUT2D eigenvalue weighted by molar-refractivity contribution is 4.94. The van der Waals surface area contributed by atoms with Crippen LogP contribution in [0.3, 0.4) is 0 Å². The van der Waals surface area contributed by atoms with Gasteiger partial charge in [-0.15, -0.1) is 0 Å². The Balaban J connectivity index is 2.30. The topological polar surface area (TPSA) is 82.5 Å². The fraction of sp³-hybridized carbons (Fsp3) is 0.636. The van der Waals surface area contributed by atoms with Crippen LogP contribution in [0.15, 0.2) is 21.9 Å². The summed E-state index contributed by atoms with van der Waals surface area (Å²) in [4.78, 5) is 24.6. The number of ether oxygens (including phenoxy) is 3. The quantitative estimate of drug-likeness (QED) is 0.795. The first kappa shape index (κ1) is 13.9. The van der Waals surface area contributed by atoms with Gasteiger partial charge in [-0.1, -0.05) is 0 Å². The summed E-state index contributed by atoms with van der Waals surface area (Å²) in [5.41, 5.74) is -1.28. The highest BCUT2D eigenvalue weighted by atomic mass is 19.1. The molecule has 1 aromatic rings. The lowest BCUT2D eigenvalue weighted by Gasteiger charge is -2.16. The zero-order valence-electron chi connectivity index (χ0n) is 10.5. The van der Waals surface area contributed by atoms with E-state index in [1.165, 1.54) is 20.4 Å². The number of halogens is 1. The minimum Gasteiger partial charge on any atom is -0.382 e. The van der Waals surface area contributed by atoms with E-state index in [-0.39, 0.29) is 6.61 Å². The number of alkyl halides is 1. The highest BCUT2D eigenvalue weighted by Crippen LogP contribution is 2.32. The Hall–Kier alpha value is -1.51. The van der Waals surface area contributed by atoms with Crippen molar-refractivity contribution < 1.29 is 18.6 Å². The molecular weight excluding hydrogens is 259 g/mol. The number of nitrogens with zero attached hydrogens (tertiary/aromatic N) is 1. The first-order valence-corrected chi connectivity index (χ1v) is 5.71. The van der Waals surface area contributed by atoms with Crippen molar-refractivity contribution >= 4 is 0 Å². The van der Waals surface area contributed by atoms with Gasteiger partial charge in [-0.3, -0.25) is 14.3 Å². The van der Waals surface area contributed by atoms with Crippen LogP contribution in [-0.2, 0) is 14.2 Å². The molecular formula is C11H15FN2O5. The number of nitrogens with one attached hydrogen (secondary N) is 1. The Morgan fingerprint density at radius 2 is 2.21 bits per heavy atom. The Morgan fingerprint density at radius 3 is 2.79 bits per heavy atom. The molecule has 0 amide bonds. The van der Waals surface area contributed by atoms with Gasteiger partial charge < -0.3 is 14.2 Å². The third-order valence-corrected chi connectivity index (χ3v) is 3.00. The molecule has 0 aromatic carbocycles. The molecule has 0 spiro atoms. The monoisotopic (exact) mass is 274 g/mol. The SMILES string of the molecule is COC[C@H]1O[C@@H](n2ccc(=O)[nH]c2=O)C(F)C1OC. The molecule has 19 heavy (non-hydrogen) atoms. The molecule has 1 N–H and O–H groups in total. The van der Waals surface area contributed by atoms with E-state index in [0.29, 0.717) is 0 Å². The van der Waals surface area contributed by atoms with E-state index in [1.54, 1.807) is 0 Å². The van der Waals surface area contributed by atoms with E-state index < -0.39 is 35.9 Å². The molecule has 4 atom stereocenters. The summed E-state index contributed by atoms with van der Waals surface area (Å²) < 4.78 is 30.6. The molecule has 0 aliphatic carbocycles. The second-order valence-electron chi connectivity index (χ2n) is 4.18. The standard InChI is InChI=1S/C11H15FN2O5/c1-17-5-6-9(18-2)8(12)10(19-6)14-4-3-7(15)13-11(14)16/h3-4,6,8-10H,5H2,1-2H3,(H,13,15,16)/t6-,8?,9?,10-/m1/s1. The molecule has 0 bridgehead atoms. The van der Waals surface area contributed by atoms with Crippen LogP contribution in [0.25, 0.3) is 0 Å². The highest BCUT2D eigenvalue weighted by Gasteiger charge is 2.46. The predicted molar refractivity (Wildman–Crippen MR) is 62.8 cm³/mol. The van der Waals surface area contributed by atoms with Crippen LogP contribution >= 0.6 is 0 Å².